The first-order valence-electron chi connectivity index (χ1n) is 7.82. The van der Waals surface area contributed by atoms with E-state index in [0.717, 1.165) is 25.9 Å². The van der Waals surface area contributed by atoms with Crippen molar-refractivity contribution in [1.82, 2.24) is 10.3 Å². The number of hydrogen-bond acceptors (Lipinski definition) is 3. The molecule has 1 N–H and O–H groups in total. The number of nitrogens with zero attached hydrogens (tertiary/aromatic N) is 1. The topological polar surface area (TPSA) is 24.9 Å². The normalized spacial score (nSPS) is 11.3. The number of aryl methyl sites for hydroxylation is 1. The van der Waals surface area contributed by atoms with Crippen molar-refractivity contribution in [1.29, 1.82) is 0 Å². The first-order chi connectivity index (χ1) is 10.1. The van der Waals surface area contributed by atoms with E-state index in [2.05, 4.69) is 57.3 Å². The highest BCUT2D eigenvalue weighted by Crippen LogP contribution is 2.23. The molecule has 2 rings (SSSR count). The lowest BCUT2D eigenvalue weighted by molar-refractivity contribution is 0.626. The van der Waals surface area contributed by atoms with E-state index in [4.69, 9.17) is 4.98 Å². The largest absolute Gasteiger partial charge is 0.312 e. The van der Waals surface area contributed by atoms with E-state index in [1.165, 1.54) is 26.7 Å². The summed E-state index contributed by atoms with van der Waals surface area (Å²) in [5.74, 6) is 0.653. The van der Waals surface area contributed by atoms with E-state index in [1.807, 2.05) is 11.3 Å². The summed E-state index contributed by atoms with van der Waals surface area (Å²) in [6, 6.07) is 8.78. The zero-order chi connectivity index (χ0) is 15.2. The van der Waals surface area contributed by atoms with Gasteiger partial charge in [-0.25, -0.2) is 4.98 Å². The maximum atomic E-state index is 4.90. The fraction of sp³-hybridized carbons (Fsp3) is 0.500. The van der Waals surface area contributed by atoms with Crippen LogP contribution in [0, 0.1) is 12.8 Å². The van der Waals surface area contributed by atoms with Crippen LogP contribution in [0.5, 0.6) is 0 Å². The zero-order valence-electron chi connectivity index (χ0n) is 13.6. The highest BCUT2D eigenvalue weighted by Gasteiger charge is 2.12. The van der Waals surface area contributed by atoms with Crippen LogP contribution in [0.1, 0.15) is 47.5 Å². The number of aromatic nitrogens is 1. The number of nitrogens with one attached hydrogen (secondary N) is 1. The maximum Gasteiger partial charge on any atom is 0.0975 e. The Morgan fingerprint density at radius 3 is 2.52 bits per heavy atom. The third-order valence-corrected chi connectivity index (χ3v) is 4.53. The minimum atomic E-state index is 0.653. The molecule has 0 saturated carbocycles. The van der Waals surface area contributed by atoms with E-state index in [-0.39, 0.29) is 0 Å². The number of hydrogen-bond donors (Lipinski definition) is 1. The van der Waals surface area contributed by atoms with Crippen molar-refractivity contribution in [3.63, 3.8) is 0 Å². The Bertz CT molecular complexity index is 555. The van der Waals surface area contributed by atoms with Gasteiger partial charge in [-0.1, -0.05) is 50.6 Å². The van der Waals surface area contributed by atoms with Crippen LogP contribution in [0.3, 0.4) is 0 Å². The van der Waals surface area contributed by atoms with Crippen molar-refractivity contribution in [2.75, 3.05) is 6.54 Å². The molecule has 2 aromatic rings. The van der Waals surface area contributed by atoms with Gasteiger partial charge in [-0.05, 0) is 31.4 Å². The Morgan fingerprint density at radius 1 is 1.19 bits per heavy atom. The van der Waals surface area contributed by atoms with Gasteiger partial charge in [0.25, 0.3) is 0 Å². The Labute approximate surface area is 132 Å². The van der Waals surface area contributed by atoms with E-state index in [1.54, 1.807) is 0 Å². The summed E-state index contributed by atoms with van der Waals surface area (Å²) in [4.78, 5) is 6.31. The Morgan fingerprint density at radius 2 is 1.90 bits per heavy atom. The van der Waals surface area contributed by atoms with Gasteiger partial charge in [0, 0.05) is 17.8 Å². The number of thiazole rings is 1. The molecule has 0 radical (unpaired) electrons. The van der Waals surface area contributed by atoms with Crippen molar-refractivity contribution < 1.29 is 0 Å². The van der Waals surface area contributed by atoms with Crippen LogP contribution in [0.2, 0.25) is 0 Å². The van der Waals surface area contributed by atoms with Gasteiger partial charge in [0.1, 0.15) is 0 Å². The van der Waals surface area contributed by atoms with Crippen molar-refractivity contribution in [3.8, 4) is 0 Å². The molecule has 1 aromatic heterocycles. The molecule has 1 heterocycles. The molecule has 3 heteroatoms. The summed E-state index contributed by atoms with van der Waals surface area (Å²) in [7, 11) is 0. The standard InChI is InChI=1S/C18H26N2S/c1-5-19-12-17-16(10-13(2)3)20-18(21-17)11-15-8-6-14(4)7-9-15/h6-9,13,19H,5,10-12H2,1-4H3. The van der Waals surface area contributed by atoms with Crippen LogP contribution in [-0.2, 0) is 19.4 Å². The van der Waals surface area contributed by atoms with Gasteiger partial charge >= 0.3 is 0 Å². The van der Waals surface area contributed by atoms with Crippen molar-refractivity contribution in [3.05, 3.63) is 51.0 Å². The van der Waals surface area contributed by atoms with Crippen molar-refractivity contribution in [2.45, 2.75) is 47.1 Å². The van der Waals surface area contributed by atoms with Crippen LogP contribution >= 0.6 is 11.3 Å². The average Bonchev–Trinajstić information content (AvgIpc) is 2.80. The van der Waals surface area contributed by atoms with Crippen molar-refractivity contribution in [2.24, 2.45) is 5.92 Å². The van der Waals surface area contributed by atoms with Gasteiger partial charge in [0.2, 0.25) is 0 Å². The number of benzene rings is 1. The first kappa shape index (κ1) is 16.2. The lowest BCUT2D eigenvalue weighted by Gasteiger charge is -2.05. The van der Waals surface area contributed by atoms with E-state index >= 15 is 0 Å². The molecule has 0 bridgehead atoms. The van der Waals surface area contributed by atoms with Gasteiger partial charge in [-0.2, -0.15) is 0 Å². The lowest BCUT2D eigenvalue weighted by Crippen LogP contribution is -2.12. The molecule has 1 aromatic carbocycles. The highest BCUT2D eigenvalue weighted by molar-refractivity contribution is 7.11. The highest BCUT2D eigenvalue weighted by atomic mass is 32.1. The SMILES string of the molecule is CCNCc1sc(Cc2ccc(C)cc2)nc1CC(C)C. The molecule has 0 saturated heterocycles. The third kappa shape index (κ3) is 4.94. The van der Waals surface area contributed by atoms with Gasteiger partial charge < -0.3 is 5.32 Å². The quantitative estimate of drug-likeness (QED) is 0.822. The minimum Gasteiger partial charge on any atom is -0.312 e. The van der Waals surface area contributed by atoms with E-state index in [0.29, 0.717) is 5.92 Å². The van der Waals surface area contributed by atoms with Crippen LogP contribution in [0.4, 0.5) is 0 Å². The average molecular weight is 302 g/mol. The molecular weight excluding hydrogens is 276 g/mol. The smallest absolute Gasteiger partial charge is 0.0975 e. The number of rotatable bonds is 7. The van der Waals surface area contributed by atoms with Gasteiger partial charge in [0.15, 0.2) is 0 Å². The Kier molecular flexibility index (Phi) is 5.95. The molecule has 0 aliphatic rings. The predicted octanol–water partition coefficient (Wildman–Crippen LogP) is 4.35. The molecule has 0 fully saturated rings. The molecule has 21 heavy (non-hydrogen) atoms. The van der Waals surface area contributed by atoms with Gasteiger partial charge in [-0.3, -0.25) is 0 Å². The van der Waals surface area contributed by atoms with Crippen LogP contribution < -0.4 is 5.32 Å². The molecule has 0 spiro atoms. The molecule has 0 amide bonds. The summed E-state index contributed by atoms with van der Waals surface area (Å²) in [5.41, 5.74) is 3.95. The molecule has 0 aliphatic heterocycles. The molecule has 0 atom stereocenters. The Balaban J connectivity index is 2.15. The molecule has 2 nitrogen and oxygen atoms in total. The second kappa shape index (κ2) is 7.71. The summed E-state index contributed by atoms with van der Waals surface area (Å²) < 4.78 is 0. The summed E-state index contributed by atoms with van der Waals surface area (Å²) in [5, 5.41) is 4.67. The fourth-order valence-electron chi connectivity index (χ4n) is 2.32. The van der Waals surface area contributed by atoms with Gasteiger partial charge in [0.05, 0.1) is 10.7 Å². The van der Waals surface area contributed by atoms with E-state index < -0.39 is 0 Å². The van der Waals surface area contributed by atoms with Crippen LogP contribution in [0.15, 0.2) is 24.3 Å². The van der Waals surface area contributed by atoms with Gasteiger partial charge in [-0.15, -0.1) is 11.3 Å². The molecule has 0 unspecified atom stereocenters. The van der Waals surface area contributed by atoms with Crippen LogP contribution in [-0.4, -0.2) is 11.5 Å². The van der Waals surface area contributed by atoms with Crippen LogP contribution in [0.25, 0.3) is 0 Å². The maximum absolute atomic E-state index is 4.90. The molecule has 114 valence electrons. The molecule has 0 aliphatic carbocycles. The Hall–Kier alpha value is -1.19. The monoisotopic (exact) mass is 302 g/mol. The second-order valence-electron chi connectivity index (χ2n) is 6.02. The van der Waals surface area contributed by atoms with E-state index in [9.17, 15) is 0 Å². The minimum absolute atomic E-state index is 0.653. The summed E-state index contributed by atoms with van der Waals surface area (Å²) >= 11 is 1.87. The first-order valence-corrected chi connectivity index (χ1v) is 8.63. The summed E-state index contributed by atoms with van der Waals surface area (Å²) in [6.45, 7) is 10.8. The lowest BCUT2D eigenvalue weighted by atomic mass is 10.1. The molecular formula is C18H26N2S. The predicted molar refractivity (Wildman–Crippen MR) is 92.0 cm³/mol. The van der Waals surface area contributed by atoms with Crippen molar-refractivity contribution >= 4 is 11.3 Å². The zero-order valence-corrected chi connectivity index (χ0v) is 14.4. The second-order valence-corrected chi connectivity index (χ2v) is 7.19. The summed E-state index contributed by atoms with van der Waals surface area (Å²) in [6.07, 6.45) is 2.02. The third-order valence-electron chi connectivity index (χ3n) is 3.44. The fourth-order valence-corrected chi connectivity index (χ4v) is 3.42.